The summed E-state index contributed by atoms with van der Waals surface area (Å²) in [7, 11) is 0. The number of carbonyl (C=O) groups excluding carboxylic acids is 6. The molecule has 1 aromatic heterocycles. The van der Waals surface area contributed by atoms with Crippen molar-refractivity contribution in [1.82, 2.24) is 24.9 Å². The summed E-state index contributed by atoms with van der Waals surface area (Å²) in [6.45, 7) is 1.02. The molecule has 4 heterocycles. The Morgan fingerprint density at radius 1 is 0.966 bits per heavy atom. The van der Waals surface area contributed by atoms with E-state index in [1.54, 1.807) is 24.3 Å². The van der Waals surface area contributed by atoms with E-state index in [9.17, 15) is 37.5 Å². The molecule has 2 saturated heterocycles. The van der Waals surface area contributed by atoms with Gasteiger partial charge in [-0.1, -0.05) is 6.07 Å². The van der Waals surface area contributed by atoms with Crippen LogP contribution in [0.5, 0.6) is 11.5 Å². The lowest BCUT2D eigenvalue weighted by molar-refractivity contribution is -0.136. The highest BCUT2D eigenvalue weighted by molar-refractivity contribution is 6.25. The van der Waals surface area contributed by atoms with Crippen molar-refractivity contribution in [2.75, 3.05) is 50.5 Å². The number of aromatic nitrogens is 2. The fourth-order valence-corrected chi connectivity index (χ4v) is 7.16. The number of fused-ring (bicyclic) bond motifs is 1. The number of nitrogens with one attached hydrogen (secondary N) is 2. The van der Waals surface area contributed by atoms with Gasteiger partial charge in [0.15, 0.2) is 11.6 Å². The number of nitrogens with two attached hydrogens (primary N) is 2. The van der Waals surface area contributed by atoms with Crippen LogP contribution in [0.15, 0.2) is 60.7 Å². The highest BCUT2D eigenvalue weighted by atomic mass is 19.1. The quantitative estimate of drug-likeness (QED) is 0.112. The van der Waals surface area contributed by atoms with E-state index in [-0.39, 0.29) is 85.5 Å². The van der Waals surface area contributed by atoms with Crippen molar-refractivity contribution in [2.24, 2.45) is 5.73 Å². The van der Waals surface area contributed by atoms with Crippen LogP contribution in [0.1, 0.15) is 62.8 Å². The van der Waals surface area contributed by atoms with Crippen LogP contribution >= 0.6 is 0 Å². The van der Waals surface area contributed by atoms with Gasteiger partial charge in [-0.25, -0.2) is 18.3 Å². The summed E-state index contributed by atoms with van der Waals surface area (Å²) in [5.74, 6) is -4.69. The Morgan fingerprint density at radius 2 is 1.76 bits per heavy atom. The van der Waals surface area contributed by atoms with Crippen molar-refractivity contribution in [2.45, 2.75) is 37.8 Å². The lowest BCUT2D eigenvalue weighted by atomic mass is 10.0. The number of carbonyl (C=O) groups is 6. The van der Waals surface area contributed by atoms with Crippen LogP contribution in [0.2, 0.25) is 0 Å². The molecular weight excluding hydrogens is 762 g/mol. The topological polar surface area (TPSA) is 231 Å². The zero-order valence-corrected chi connectivity index (χ0v) is 30.9. The van der Waals surface area contributed by atoms with E-state index in [1.165, 1.54) is 33.8 Å². The van der Waals surface area contributed by atoms with Crippen molar-refractivity contribution >= 4 is 47.1 Å². The number of anilines is 2. The maximum absolute atomic E-state index is 14.1. The molecule has 3 aromatic carbocycles. The van der Waals surface area contributed by atoms with Crippen LogP contribution in [0, 0.1) is 11.6 Å². The van der Waals surface area contributed by atoms with E-state index < -0.39 is 59.3 Å². The number of hydrogen-bond donors (Lipinski definition) is 4. The molecule has 0 aliphatic carbocycles. The fourth-order valence-electron chi connectivity index (χ4n) is 7.16. The molecule has 3 aliphatic rings. The summed E-state index contributed by atoms with van der Waals surface area (Å²) in [5, 5.41) is 9.87. The first-order valence-electron chi connectivity index (χ1n) is 18.4. The molecule has 0 bridgehead atoms. The standard InChI is InChI=1S/C39H38F2N8O9/c40-22-8-12-29(26(41)19-22)58-24-9-6-21(7-10-24)33-32(35(43)51)34(42)49(46-33)23-3-2-15-47(20-23)39(55)57-18-17-56-16-14-44-27-5-1-4-25-31(27)38(54)48(37(25)53)28-11-13-30(50)45-36(28)52/h1,4-10,12,19,23,28,44H,2-3,11,13-18,20,42H2,(H2,43,51)(H,45,50,52). The zero-order valence-electron chi connectivity index (χ0n) is 30.9. The molecule has 3 aliphatic heterocycles. The van der Waals surface area contributed by atoms with Crippen LogP contribution in [0.25, 0.3) is 11.3 Å². The predicted octanol–water partition coefficient (Wildman–Crippen LogP) is 3.61. The van der Waals surface area contributed by atoms with Gasteiger partial charge >= 0.3 is 6.09 Å². The number of likely N-dealkylation sites (tertiary alicyclic amines) is 1. The molecule has 0 spiro atoms. The Balaban J connectivity index is 0.891. The Morgan fingerprint density at radius 3 is 2.50 bits per heavy atom. The second kappa shape index (κ2) is 16.7. The molecule has 19 heteroatoms. The minimum atomic E-state index is -1.07. The normalized spacial score (nSPS) is 17.9. The van der Waals surface area contributed by atoms with Gasteiger partial charge in [0, 0.05) is 43.4 Å². The van der Waals surface area contributed by atoms with Crippen molar-refractivity contribution in [3.8, 4) is 22.8 Å². The summed E-state index contributed by atoms with van der Waals surface area (Å²) >= 11 is 0. The van der Waals surface area contributed by atoms with Gasteiger partial charge in [-0.05, 0) is 67.8 Å². The average molecular weight is 801 g/mol. The lowest BCUT2D eigenvalue weighted by Gasteiger charge is -2.32. The Bertz CT molecular complexity index is 2300. The van der Waals surface area contributed by atoms with E-state index in [0.29, 0.717) is 36.7 Å². The van der Waals surface area contributed by atoms with Crippen molar-refractivity contribution in [3.05, 3.63) is 89.0 Å². The van der Waals surface area contributed by atoms with Crippen LogP contribution in [-0.4, -0.2) is 101 Å². The first-order chi connectivity index (χ1) is 27.9. The van der Waals surface area contributed by atoms with Crippen LogP contribution < -0.4 is 26.8 Å². The molecule has 17 nitrogen and oxygen atoms in total. The molecule has 0 radical (unpaired) electrons. The molecule has 0 saturated carbocycles. The van der Waals surface area contributed by atoms with Gasteiger partial charge in [-0.2, -0.15) is 5.10 Å². The average Bonchev–Trinajstić information content (AvgIpc) is 3.68. The Hall–Kier alpha value is -6.89. The number of nitrogens with zero attached hydrogens (tertiary/aromatic N) is 4. The molecule has 2 fully saturated rings. The molecule has 2 unspecified atom stereocenters. The summed E-state index contributed by atoms with van der Waals surface area (Å²) < 4.78 is 45.4. The van der Waals surface area contributed by atoms with Crippen LogP contribution in [-0.2, 0) is 19.1 Å². The van der Waals surface area contributed by atoms with Gasteiger partial charge in [0.1, 0.15) is 41.3 Å². The Kier molecular flexibility index (Phi) is 11.3. The second-order valence-electron chi connectivity index (χ2n) is 13.7. The number of halogens is 2. The largest absolute Gasteiger partial charge is 0.454 e. The number of amides is 6. The summed E-state index contributed by atoms with van der Waals surface area (Å²) in [5.41, 5.74) is 13.5. The predicted molar refractivity (Wildman–Crippen MR) is 201 cm³/mol. The third-order valence-electron chi connectivity index (χ3n) is 9.93. The van der Waals surface area contributed by atoms with Crippen LogP contribution in [0.3, 0.4) is 0 Å². The number of piperidine rings is 2. The molecule has 6 N–H and O–H groups in total. The molecular formula is C39H38F2N8O9. The number of ether oxygens (including phenoxy) is 3. The van der Waals surface area contributed by atoms with Gasteiger partial charge in [0.25, 0.3) is 17.7 Å². The lowest BCUT2D eigenvalue weighted by Crippen LogP contribution is -2.54. The van der Waals surface area contributed by atoms with Crippen molar-refractivity contribution in [1.29, 1.82) is 0 Å². The van der Waals surface area contributed by atoms with Gasteiger partial charge in [0.2, 0.25) is 11.8 Å². The van der Waals surface area contributed by atoms with Gasteiger partial charge in [-0.3, -0.25) is 34.2 Å². The molecule has 58 heavy (non-hydrogen) atoms. The molecule has 2 atom stereocenters. The van der Waals surface area contributed by atoms with E-state index in [1.807, 2.05) is 0 Å². The summed E-state index contributed by atoms with van der Waals surface area (Å²) in [6, 6.07) is 12.4. The third kappa shape index (κ3) is 8.01. The van der Waals surface area contributed by atoms with E-state index in [2.05, 4.69) is 15.7 Å². The Labute approximate surface area is 329 Å². The van der Waals surface area contributed by atoms with Gasteiger partial charge < -0.3 is 35.9 Å². The van der Waals surface area contributed by atoms with Crippen molar-refractivity contribution in [3.63, 3.8) is 0 Å². The van der Waals surface area contributed by atoms with E-state index >= 15 is 0 Å². The number of benzene rings is 3. The molecule has 4 aromatic rings. The summed E-state index contributed by atoms with van der Waals surface area (Å²) in [4.78, 5) is 78.3. The minimum absolute atomic E-state index is 0.00415. The SMILES string of the molecule is NC(=O)c1c(-c2ccc(Oc3ccc(F)cc3F)cc2)nn(C2CCCN(C(=O)OCCOCCNc3cccc4c3C(=O)N(C3CCC(=O)NC3=O)C4=O)C2)c1N. The first kappa shape index (κ1) is 39.3. The van der Waals surface area contributed by atoms with Gasteiger partial charge in [-0.15, -0.1) is 0 Å². The molecule has 6 amide bonds. The smallest absolute Gasteiger partial charge is 0.409 e. The maximum Gasteiger partial charge on any atom is 0.409 e. The molecule has 7 rings (SSSR count). The van der Waals surface area contributed by atoms with E-state index in [0.717, 1.165) is 11.0 Å². The van der Waals surface area contributed by atoms with Crippen molar-refractivity contribution < 1.29 is 51.8 Å². The van der Waals surface area contributed by atoms with Gasteiger partial charge in [0.05, 0.1) is 30.4 Å². The maximum atomic E-state index is 14.1. The van der Waals surface area contributed by atoms with E-state index in [4.69, 9.17) is 25.7 Å². The van der Waals surface area contributed by atoms with Crippen LogP contribution in [0.4, 0.5) is 25.1 Å². The number of nitrogen functional groups attached to an aromatic ring is 1. The molecule has 302 valence electrons. The number of imide groups is 2. The third-order valence-corrected chi connectivity index (χ3v) is 9.93. The number of rotatable bonds is 13. The second-order valence-corrected chi connectivity index (χ2v) is 13.7. The zero-order chi connectivity index (χ0) is 41.1. The number of primary amides is 1. The summed E-state index contributed by atoms with van der Waals surface area (Å²) in [6.07, 6.45) is 0.680. The first-order valence-corrected chi connectivity index (χ1v) is 18.4. The highest BCUT2D eigenvalue weighted by Crippen LogP contribution is 2.35. The highest BCUT2D eigenvalue weighted by Gasteiger charge is 2.45. The minimum Gasteiger partial charge on any atom is -0.454 e. The monoisotopic (exact) mass is 800 g/mol. The number of hydrogen-bond acceptors (Lipinski definition) is 12. The fraction of sp³-hybridized carbons (Fsp3) is 0.308.